The number of alkyl carbamates (subject to hydrolysis) is 1. The van der Waals surface area contributed by atoms with Crippen LogP contribution in [0.5, 0.6) is 0 Å². The van der Waals surface area contributed by atoms with Crippen LogP contribution in [0.4, 0.5) is 10.7 Å². The van der Waals surface area contributed by atoms with Gasteiger partial charge in [0.15, 0.2) is 0 Å². The van der Waals surface area contributed by atoms with E-state index in [1.54, 1.807) is 26.8 Å². The summed E-state index contributed by atoms with van der Waals surface area (Å²) in [7, 11) is 0. The number of ether oxygens (including phenoxy) is 1. The molecule has 21 heavy (non-hydrogen) atoms. The van der Waals surface area contributed by atoms with Gasteiger partial charge in [0.1, 0.15) is 17.3 Å². The van der Waals surface area contributed by atoms with Crippen LogP contribution >= 0.6 is 0 Å². The average molecular weight is 289 g/mol. The minimum absolute atomic E-state index is 0.192. The van der Waals surface area contributed by atoms with Gasteiger partial charge >= 0.3 is 6.09 Å². The fourth-order valence-electron chi connectivity index (χ4n) is 1.84. The van der Waals surface area contributed by atoms with Gasteiger partial charge in [-0.05, 0) is 26.3 Å². The zero-order valence-corrected chi connectivity index (χ0v) is 12.3. The van der Waals surface area contributed by atoms with Crippen molar-refractivity contribution in [3.63, 3.8) is 0 Å². The lowest BCUT2D eigenvalue weighted by atomic mass is 10.0. The van der Waals surface area contributed by atoms with Gasteiger partial charge in [0.2, 0.25) is 5.88 Å². The number of aromatic nitrogens is 1. The number of nitrogen functional groups attached to an aromatic ring is 1. The second-order valence-electron chi connectivity index (χ2n) is 5.64. The number of nitrogens with one attached hydrogen (secondary N) is 1. The van der Waals surface area contributed by atoms with Crippen LogP contribution in [-0.4, -0.2) is 16.9 Å². The fourth-order valence-corrected chi connectivity index (χ4v) is 1.84. The second-order valence-corrected chi connectivity index (χ2v) is 5.64. The number of anilines is 1. The van der Waals surface area contributed by atoms with E-state index < -0.39 is 17.7 Å². The number of hydrogen-bond acceptors (Lipinski definition) is 5. The van der Waals surface area contributed by atoms with E-state index >= 15 is 0 Å². The molecule has 0 spiro atoms. The highest BCUT2D eigenvalue weighted by Crippen LogP contribution is 2.23. The van der Waals surface area contributed by atoms with Crippen molar-refractivity contribution in [2.45, 2.75) is 32.4 Å². The predicted molar refractivity (Wildman–Crippen MR) is 78.6 cm³/mol. The van der Waals surface area contributed by atoms with Crippen LogP contribution in [0.3, 0.4) is 0 Å². The molecule has 1 aromatic heterocycles. The molecule has 1 amide bonds. The maximum absolute atomic E-state index is 12.0. The Kier molecular flexibility index (Phi) is 4.16. The third kappa shape index (κ3) is 4.24. The van der Waals surface area contributed by atoms with Crippen molar-refractivity contribution in [1.29, 1.82) is 0 Å². The zero-order chi connectivity index (χ0) is 15.5. The summed E-state index contributed by atoms with van der Waals surface area (Å²) < 4.78 is 10.2. The molecule has 0 aliphatic rings. The van der Waals surface area contributed by atoms with Crippen molar-refractivity contribution >= 4 is 12.0 Å². The monoisotopic (exact) mass is 289 g/mol. The minimum Gasteiger partial charge on any atom is -0.444 e. The normalized spacial score (nSPS) is 12.7. The molecule has 6 heteroatoms. The molecule has 0 unspecified atom stereocenters. The minimum atomic E-state index is -0.575. The number of nitrogens with zero attached hydrogens (tertiary/aromatic N) is 1. The van der Waals surface area contributed by atoms with Crippen molar-refractivity contribution < 1.29 is 14.1 Å². The van der Waals surface area contributed by atoms with Gasteiger partial charge in [-0.2, -0.15) is 0 Å². The standard InChI is InChI=1S/C15H19N3O3/c1-15(2,3)20-14(19)17-13(10-7-5-4-6-8-10)11-9-12(16)21-18-11/h4-9,13H,16H2,1-3H3,(H,17,19)/t13-/m0/s1. The molecule has 0 aliphatic heterocycles. The first kappa shape index (κ1) is 14.9. The van der Waals surface area contributed by atoms with E-state index in [4.69, 9.17) is 15.0 Å². The summed E-state index contributed by atoms with van der Waals surface area (Å²) in [5.74, 6) is 0.192. The molecule has 0 saturated carbocycles. The first-order valence-electron chi connectivity index (χ1n) is 6.62. The molecule has 0 aliphatic carbocycles. The molecule has 0 bridgehead atoms. The molecule has 3 N–H and O–H groups in total. The topological polar surface area (TPSA) is 90.4 Å². The van der Waals surface area contributed by atoms with E-state index in [0.29, 0.717) is 5.69 Å². The van der Waals surface area contributed by atoms with Gasteiger partial charge in [-0.3, -0.25) is 0 Å². The Morgan fingerprint density at radius 3 is 2.52 bits per heavy atom. The quantitative estimate of drug-likeness (QED) is 0.906. The Balaban J connectivity index is 2.23. The molecule has 6 nitrogen and oxygen atoms in total. The molecule has 112 valence electrons. The van der Waals surface area contributed by atoms with E-state index in [2.05, 4.69) is 10.5 Å². The summed E-state index contributed by atoms with van der Waals surface area (Å²) >= 11 is 0. The number of amides is 1. The van der Waals surface area contributed by atoms with Gasteiger partial charge in [0.25, 0.3) is 0 Å². The summed E-state index contributed by atoms with van der Waals surface area (Å²) in [6, 6.07) is 10.5. The van der Waals surface area contributed by atoms with Crippen molar-refractivity contribution in [3.8, 4) is 0 Å². The molecule has 0 radical (unpaired) electrons. The maximum atomic E-state index is 12.0. The summed E-state index contributed by atoms with van der Waals surface area (Å²) in [6.45, 7) is 5.41. The smallest absolute Gasteiger partial charge is 0.408 e. The fraction of sp³-hybridized carbons (Fsp3) is 0.333. The molecule has 1 heterocycles. The van der Waals surface area contributed by atoms with Crippen molar-refractivity contribution in [2.75, 3.05) is 5.73 Å². The highest BCUT2D eigenvalue weighted by atomic mass is 16.6. The molecular weight excluding hydrogens is 270 g/mol. The summed E-state index contributed by atoms with van der Waals surface area (Å²) in [5.41, 5.74) is 6.35. The van der Waals surface area contributed by atoms with Gasteiger partial charge in [-0.1, -0.05) is 35.5 Å². The highest BCUT2D eigenvalue weighted by molar-refractivity contribution is 5.69. The number of carbonyl (C=O) groups is 1. The molecule has 0 fully saturated rings. The average Bonchev–Trinajstić information content (AvgIpc) is 2.81. The predicted octanol–water partition coefficient (Wildman–Crippen LogP) is 2.87. The third-order valence-electron chi connectivity index (χ3n) is 2.64. The zero-order valence-electron chi connectivity index (χ0n) is 12.3. The van der Waals surface area contributed by atoms with Gasteiger partial charge in [-0.15, -0.1) is 0 Å². The van der Waals surface area contributed by atoms with Crippen LogP contribution in [0.2, 0.25) is 0 Å². The maximum Gasteiger partial charge on any atom is 0.408 e. The summed E-state index contributed by atoms with van der Waals surface area (Å²) in [4.78, 5) is 12.0. The summed E-state index contributed by atoms with van der Waals surface area (Å²) in [6.07, 6.45) is -0.530. The first-order valence-corrected chi connectivity index (χ1v) is 6.62. The molecule has 1 atom stereocenters. The van der Waals surface area contributed by atoms with E-state index in [1.165, 1.54) is 0 Å². The Labute approximate surface area is 123 Å². The highest BCUT2D eigenvalue weighted by Gasteiger charge is 2.24. The van der Waals surface area contributed by atoms with E-state index in [0.717, 1.165) is 5.56 Å². The van der Waals surface area contributed by atoms with Crippen LogP contribution in [0.1, 0.15) is 38.1 Å². The lowest BCUT2D eigenvalue weighted by Crippen LogP contribution is -2.35. The van der Waals surface area contributed by atoms with Gasteiger partial charge < -0.3 is 20.3 Å². The van der Waals surface area contributed by atoms with Crippen LogP contribution in [0, 0.1) is 0 Å². The van der Waals surface area contributed by atoms with E-state index in [-0.39, 0.29) is 5.88 Å². The number of benzene rings is 1. The molecule has 1 aromatic carbocycles. The number of nitrogens with two attached hydrogens (primary N) is 1. The van der Waals surface area contributed by atoms with Gasteiger partial charge in [0, 0.05) is 6.07 Å². The van der Waals surface area contributed by atoms with Crippen molar-refractivity contribution in [3.05, 3.63) is 47.7 Å². The number of hydrogen-bond donors (Lipinski definition) is 2. The first-order chi connectivity index (χ1) is 9.85. The molecule has 2 aromatic rings. The van der Waals surface area contributed by atoms with Crippen LogP contribution in [0.25, 0.3) is 0 Å². The van der Waals surface area contributed by atoms with E-state index in [1.807, 2.05) is 30.3 Å². The third-order valence-corrected chi connectivity index (χ3v) is 2.64. The molecule has 2 rings (SSSR count). The SMILES string of the molecule is CC(C)(C)OC(=O)N[C@@H](c1ccccc1)c1cc(N)on1. The van der Waals surface area contributed by atoms with Gasteiger partial charge in [0.05, 0.1) is 0 Å². The Morgan fingerprint density at radius 1 is 1.33 bits per heavy atom. The molecule has 0 saturated heterocycles. The second kappa shape index (κ2) is 5.87. The molecular formula is C15H19N3O3. The Hall–Kier alpha value is -2.50. The summed E-state index contributed by atoms with van der Waals surface area (Å²) in [5, 5.41) is 6.65. The van der Waals surface area contributed by atoms with Crippen molar-refractivity contribution in [2.24, 2.45) is 0 Å². The van der Waals surface area contributed by atoms with Crippen molar-refractivity contribution in [1.82, 2.24) is 10.5 Å². The Bertz CT molecular complexity index is 602. The van der Waals surface area contributed by atoms with E-state index in [9.17, 15) is 4.79 Å². The Morgan fingerprint density at radius 2 is 2.00 bits per heavy atom. The lowest BCUT2D eigenvalue weighted by Gasteiger charge is -2.23. The van der Waals surface area contributed by atoms with Crippen LogP contribution in [-0.2, 0) is 4.74 Å². The largest absolute Gasteiger partial charge is 0.444 e. The number of carbonyl (C=O) groups excluding carboxylic acids is 1. The number of rotatable bonds is 3. The van der Waals surface area contributed by atoms with Crippen LogP contribution < -0.4 is 11.1 Å². The van der Waals surface area contributed by atoms with Crippen LogP contribution in [0.15, 0.2) is 40.9 Å². The lowest BCUT2D eigenvalue weighted by molar-refractivity contribution is 0.0511. The van der Waals surface area contributed by atoms with Gasteiger partial charge in [-0.25, -0.2) is 4.79 Å².